The Bertz CT molecular complexity index is 832. The van der Waals surface area contributed by atoms with Gasteiger partial charge in [0.25, 0.3) is 5.56 Å². The normalized spacial score (nSPS) is 11.1. The Balaban J connectivity index is 2.44. The van der Waals surface area contributed by atoms with Gasteiger partial charge in [-0.1, -0.05) is 29.8 Å². The van der Waals surface area contributed by atoms with Crippen LogP contribution in [0.3, 0.4) is 0 Å². The van der Waals surface area contributed by atoms with Crippen LogP contribution in [0.2, 0.25) is 5.02 Å². The molecule has 0 bridgehead atoms. The zero-order chi connectivity index (χ0) is 13.6. The highest BCUT2D eigenvalue weighted by Gasteiger charge is 2.15. The molecule has 19 heavy (non-hydrogen) atoms. The Morgan fingerprint density at radius 3 is 2.63 bits per heavy atom. The molecule has 0 fully saturated rings. The summed E-state index contributed by atoms with van der Waals surface area (Å²) in [5.74, 6) is 0.588. The molecular weight excluding hydrogens is 262 g/mol. The molecule has 0 aliphatic heterocycles. The first-order chi connectivity index (χ1) is 9.08. The van der Waals surface area contributed by atoms with E-state index in [0.29, 0.717) is 21.7 Å². The van der Waals surface area contributed by atoms with Crippen molar-refractivity contribution in [3.05, 3.63) is 51.2 Å². The lowest BCUT2D eigenvalue weighted by atomic mass is 10.1. The van der Waals surface area contributed by atoms with Gasteiger partial charge in [-0.05, 0) is 19.9 Å². The predicted octanol–water partition coefficient (Wildman–Crippen LogP) is 3.19. The zero-order valence-electron chi connectivity index (χ0n) is 10.5. The molecule has 5 heteroatoms. The minimum atomic E-state index is -0.130. The molecule has 0 spiro atoms. The van der Waals surface area contributed by atoms with E-state index in [0.717, 1.165) is 17.0 Å². The van der Waals surface area contributed by atoms with Crippen molar-refractivity contribution in [3.8, 4) is 11.3 Å². The summed E-state index contributed by atoms with van der Waals surface area (Å²) in [6.07, 6.45) is 0. The van der Waals surface area contributed by atoms with Crippen molar-refractivity contribution in [2.24, 2.45) is 0 Å². The molecule has 3 rings (SSSR count). The number of aromatic nitrogens is 3. The van der Waals surface area contributed by atoms with Crippen molar-refractivity contribution in [2.45, 2.75) is 13.8 Å². The topological polar surface area (TPSA) is 61.5 Å². The highest BCUT2D eigenvalue weighted by molar-refractivity contribution is 6.33. The molecule has 4 nitrogen and oxygen atoms in total. The first kappa shape index (κ1) is 12.0. The number of halogens is 1. The van der Waals surface area contributed by atoms with Crippen molar-refractivity contribution >= 4 is 22.5 Å². The van der Waals surface area contributed by atoms with Crippen LogP contribution in [0.15, 0.2) is 29.1 Å². The third-order valence-corrected chi connectivity index (χ3v) is 3.43. The summed E-state index contributed by atoms with van der Waals surface area (Å²) in [5.41, 5.74) is 2.95. The van der Waals surface area contributed by atoms with Gasteiger partial charge in [0.1, 0.15) is 11.3 Å². The molecule has 0 aliphatic rings. The van der Waals surface area contributed by atoms with Gasteiger partial charge in [0, 0.05) is 16.3 Å². The lowest BCUT2D eigenvalue weighted by molar-refractivity contribution is 1.06. The van der Waals surface area contributed by atoms with Crippen molar-refractivity contribution < 1.29 is 0 Å². The van der Waals surface area contributed by atoms with E-state index in [-0.39, 0.29) is 5.56 Å². The van der Waals surface area contributed by atoms with Gasteiger partial charge in [0.15, 0.2) is 0 Å². The molecule has 0 atom stereocenters. The maximum atomic E-state index is 12.0. The molecular formula is C14H12ClN3O. The third-order valence-electron chi connectivity index (χ3n) is 3.11. The van der Waals surface area contributed by atoms with Gasteiger partial charge in [-0.25, -0.2) is 4.98 Å². The second-order valence-electron chi connectivity index (χ2n) is 4.48. The summed E-state index contributed by atoms with van der Waals surface area (Å²) < 4.78 is 0. The predicted molar refractivity (Wildman–Crippen MR) is 76.6 cm³/mol. The van der Waals surface area contributed by atoms with Crippen LogP contribution in [0.25, 0.3) is 22.2 Å². The lowest BCUT2D eigenvalue weighted by Gasteiger charge is -2.02. The SMILES string of the molecule is Cc1nc2c(-c3ccccc3Cl)[nH]c(C)c2c(=O)[nH]1. The van der Waals surface area contributed by atoms with E-state index in [9.17, 15) is 4.79 Å². The highest BCUT2D eigenvalue weighted by atomic mass is 35.5. The number of benzene rings is 1. The number of hydrogen-bond acceptors (Lipinski definition) is 2. The Kier molecular flexibility index (Phi) is 2.68. The largest absolute Gasteiger partial charge is 0.356 e. The number of aryl methyl sites for hydroxylation is 2. The summed E-state index contributed by atoms with van der Waals surface area (Å²) in [7, 11) is 0. The maximum absolute atomic E-state index is 12.0. The van der Waals surface area contributed by atoms with Crippen LogP contribution in [0, 0.1) is 13.8 Å². The van der Waals surface area contributed by atoms with Gasteiger partial charge < -0.3 is 9.97 Å². The second kappa shape index (κ2) is 4.24. The molecule has 2 aromatic heterocycles. The van der Waals surface area contributed by atoms with E-state index in [2.05, 4.69) is 15.0 Å². The minimum Gasteiger partial charge on any atom is -0.356 e. The molecule has 0 unspecified atom stereocenters. The molecule has 0 radical (unpaired) electrons. The van der Waals surface area contributed by atoms with E-state index in [1.54, 1.807) is 6.92 Å². The summed E-state index contributed by atoms with van der Waals surface area (Å²) >= 11 is 6.21. The number of nitrogens with one attached hydrogen (secondary N) is 2. The molecule has 2 heterocycles. The van der Waals surface area contributed by atoms with Crippen LogP contribution in [0.4, 0.5) is 0 Å². The minimum absolute atomic E-state index is 0.130. The molecule has 0 aliphatic carbocycles. The molecule has 1 aromatic carbocycles. The van der Waals surface area contributed by atoms with Crippen LogP contribution in [0.5, 0.6) is 0 Å². The first-order valence-electron chi connectivity index (χ1n) is 5.92. The second-order valence-corrected chi connectivity index (χ2v) is 4.89. The Hall–Kier alpha value is -2.07. The summed E-state index contributed by atoms with van der Waals surface area (Å²) in [5, 5.41) is 1.21. The third kappa shape index (κ3) is 1.85. The molecule has 3 aromatic rings. The van der Waals surface area contributed by atoms with Crippen LogP contribution in [-0.2, 0) is 0 Å². The Morgan fingerprint density at radius 1 is 1.16 bits per heavy atom. The van der Waals surface area contributed by atoms with E-state index in [4.69, 9.17) is 11.6 Å². The Labute approximate surface area is 114 Å². The van der Waals surface area contributed by atoms with E-state index >= 15 is 0 Å². The van der Waals surface area contributed by atoms with Crippen molar-refractivity contribution in [2.75, 3.05) is 0 Å². The summed E-state index contributed by atoms with van der Waals surface area (Å²) in [4.78, 5) is 22.4. The molecule has 0 saturated heterocycles. The summed E-state index contributed by atoms with van der Waals surface area (Å²) in [6.45, 7) is 3.62. The van der Waals surface area contributed by atoms with Crippen molar-refractivity contribution in [1.82, 2.24) is 15.0 Å². The first-order valence-corrected chi connectivity index (χ1v) is 6.30. The highest BCUT2D eigenvalue weighted by Crippen LogP contribution is 2.31. The van der Waals surface area contributed by atoms with Crippen molar-refractivity contribution in [3.63, 3.8) is 0 Å². The number of nitrogens with zero attached hydrogens (tertiary/aromatic N) is 1. The van der Waals surface area contributed by atoms with E-state index in [1.165, 1.54) is 0 Å². The van der Waals surface area contributed by atoms with Crippen LogP contribution in [-0.4, -0.2) is 15.0 Å². The standard InChI is InChI=1S/C14H12ClN3O/c1-7-11-13(17-8(2)18-14(11)19)12(16-7)9-5-3-4-6-10(9)15/h3-6,16H,1-2H3,(H,17,18,19). The van der Waals surface area contributed by atoms with E-state index < -0.39 is 0 Å². The van der Waals surface area contributed by atoms with Gasteiger partial charge in [-0.15, -0.1) is 0 Å². The van der Waals surface area contributed by atoms with Gasteiger partial charge in [0.2, 0.25) is 0 Å². The van der Waals surface area contributed by atoms with Gasteiger partial charge in [0.05, 0.1) is 11.1 Å². The van der Waals surface area contributed by atoms with Crippen LogP contribution >= 0.6 is 11.6 Å². The Morgan fingerprint density at radius 2 is 1.89 bits per heavy atom. The monoisotopic (exact) mass is 273 g/mol. The number of fused-ring (bicyclic) bond motifs is 1. The van der Waals surface area contributed by atoms with E-state index in [1.807, 2.05) is 31.2 Å². The number of hydrogen-bond donors (Lipinski definition) is 2. The average molecular weight is 274 g/mol. The van der Waals surface area contributed by atoms with Gasteiger partial charge in [-0.3, -0.25) is 4.79 Å². The molecule has 2 N–H and O–H groups in total. The van der Waals surface area contributed by atoms with Gasteiger partial charge >= 0.3 is 0 Å². The maximum Gasteiger partial charge on any atom is 0.260 e. The number of aromatic amines is 2. The number of rotatable bonds is 1. The molecule has 96 valence electrons. The van der Waals surface area contributed by atoms with Gasteiger partial charge in [-0.2, -0.15) is 0 Å². The fourth-order valence-electron chi connectivity index (χ4n) is 2.28. The smallest absolute Gasteiger partial charge is 0.260 e. The summed E-state index contributed by atoms with van der Waals surface area (Å²) in [6, 6.07) is 7.50. The quantitative estimate of drug-likeness (QED) is 0.715. The van der Waals surface area contributed by atoms with Crippen LogP contribution in [0.1, 0.15) is 11.5 Å². The molecule has 0 amide bonds. The van der Waals surface area contributed by atoms with Crippen molar-refractivity contribution in [1.29, 1.82) is 0 Å². The number of H-pyrrole nitrogens is 2. The lowest BCUT2D eigenvalue weighted by Crippen LogP contribution is -2.09. The zero-order valence-corrected chi connectivity index (χ0v) is 11.3. The average Bonchev–Trinajstić information content (AvgIpc) is 2.67. The molecule has 0 saturated carbocycles. The van der Waals surface area contributed by atoms with Crippen LogP contribution < -0.4 is 5.56 Å². The fourth-order valence-corrected chi connectivity index (χ4v) is 2.51. The fraction of sp³-hybridized carbons (Fsp3) is 0.143.